The summed E-state index contributed by atoms with van der Waals surface area (Å²) in [5.41, 5.74) is 8.95. The number of benzene rings is 1. The standard InChI is InChI=1S/C23H17F3N6O/c1-31(19-11-4-3-10(23(24,25)26)5-12(11)13-6-14(13)19)22(33)17-7-15-18(9-28-17)30-21(27)16-8-29-32(2)20(15)16/h3-9,14,19H,1-2H3,(H2,27,30)/t14-,19-/m1/s1. The third-order valence-corrected chi connectivity index (χ3v) is 6.51. The average molecular weight is 450 g/mol. The van der Waals surface area contributed by atoms with Crippen LogP contribution in [0, 0.1) is 5.92 Å². The minimum atomic E-state index is -4.41. The van der Waals surface area contributed by atoms with E-state index in [1.807, 2.05) is 6.08 Å². The quantitative estimate of drug-likeness (QED) is 0.499. The average Bonchev–Trinajstić information content (AvgIpc) is 3.35. The summed E-state index contributed by atoms with van der Waals surface area (Å²) in [6.45, 7) is 0. The largest absolute Gasteiger partial charge is 0.416 e. The van der Waals surface area contributed by atoms with E-state index in [1.54, 1.807) is 35.9 Å². The van der Waals surface area contributed by atoms with Crippen LogP contribution in [-0.4, -0.2) is 37.6 Å². The first-order valence-electron chi connectivity index (χ1n) is 10.2. The molecule has 0 spiro atoms. The summed E-state index contributed by atoms with van der Waals surface area (Å²) in [6, 6.07) is 5.00. The zero-order valence-electron chi connectivity index (χ0n) is 17.6. The third kappa shape index (κ3) is 2.76. The SMILES string of the molecule is CN(C(=O)c1cc2c(cn1)nc(N)c1cnn(C)c12)[C@@H]1c2ccc(C(F)(F)F)cc2C2=C[C@H]21. The lowest BCUT2D eigenvalue weighted by atomic mass is 10.00. The number of nitrogens with two attached hydrogens (primary N) is 1. The zero-order valence-corrected chi connectivity index (χ0v) is 17.6. The number of rotatable bonds is 2. The minimum absolute atomic E-state index is 0.0804. The molecular weight excluding hydrogens is 433 g/mol. The Bertz CT molecular complexity index is 1540. The van der Waals surface area contributed by atoms with Gasteiger partial charge in [0, 0.05) is 25.4 Å². The number of aromatic nitrogens is 4. The van der Waals surface area contributed by atoms with E-state index in [-0.39, 0.29) is 23.6 Å². The Morgan fingerprint density at radius 1 is 1.18 bits per heavy atom. The maximum absolute atomic E-state index is 13.4. The van der Waals surface area contributed by atoms with Gasteiger partial charge in [-0.25, -0.2) is 9.97 Å². The number of alkyl halides is 3. The van der Waals surface area contributed by atoms with Crippen LogP contribution < -0.4 is 5.73 Å². The number of nitrogens with zero attached hydrogens (tertiary/aromatic N) is 5. The molecule has 3 heterocycles. The van der Waals surface area contributed by atoms with E-state index < -0.39 is 11.7 Å². The number of pyridine rings is 2. The monoisotopic (exact) mass is 450 g/mol. The van der Waals surface area contributed by atoms with E-state index in [2.05, 4.69) is 15.1 Å². The number of fused-ring (bicyclic) bond motifs is 6. The Kier molecular flexibility index (Phi) is 3.77. The second-order valence-electron chi connectivity index (χ2n) is 8.42. The first kappa shape index (κ1) is 19.7. The van der Waals surface area contributed by atoms with Gasteiger partial charge in [0.1, 0.15) is 11.5 Å². The van der Waals surface area contributed by atoms with Crippen LogP contribution >= 0.6 is 0 Å². The van der Waals surface area contributed by atoms with Crippen molar-refractivity contribution in [2.45, 2.75) is 12.2 Å². The molecule has 2 atom stereocenters. The molecule has 2 aliphatic rings. The second kappa shape index (κ2) is 6.31. The number of amides is 1. The lowest BCUT2D eigenvalue weighted by Gasteiger charge is -2.27. The predicted molar refractivity (Wildman–Crippen MR) is 116 cm³/mol. The Balaban J connectivity index is 1.39. The van der Waals surface area contributed by atoms with Crippen LogP contribution in [-0.2, 0) is 13.2 Å². The Labute approximate surface area is 185 Å². The molecular formula is C23H17F3N6O. The number of carbonyl (C=O) groups is 1. The van der Waals surface area contributed by atoms with Gasteiger partial charge in [0.15, 0.2) is 0 Å². The number of carbonyl (C=O) groups excluding carboxylic acids is 1. The van der Waals surface area contributed by atoms with Crippen molar-refractivity contribution in [1.82, 2.24) is 24.6 Å². The molecule has 6 rings (SSSR count). The van der Waals surface area contributed by atoms with Crippen LogP contribution in [0.1, 0.15) is 33.2 Å². The molecule has 10 heteroatoms. The number of hydrogen-bond acceptors (Lipinski definition) is 5. The van der Waals surface area contributed by atoms with Crippen LogP contribution in [0.5, 0.6) is 0 Å². The van der Waals surface area contributed by atoms with E-state index in [0.29, 0.717) is 33.2 Å². The van der Waals surface area contributed by atoms with Crippen molar-refractivity contribution in [1.29, 1.82) is 0 Å². The maximum Gasteiger partial charge on any atom is 0.416 e. The lowest BCUT2D eigenvalue weighted by molar-refractivity contribution is -0.137. The first-order valence-corrected chi connectivity index (χ1v) is 10.2. The summed E-state index contributed by atoms with van der Waals surface area (Å²) in [7, 11) is 3.43. The molecule has 4 aromatic rings. The van der Waals surface area contributed by atoms with Gasteiger partial charge in [-0.3, -0.25) is 9.48 Å². The number of aryl methyl sites for hydroxylation is 1. The van der Waals surface area contributed by atoms with Crippen LogP contribution in [0.3, 0.4) is 0 Å². The van der Waals surface area contributed by atoms with Crippen molar-refractivity contribution in [2.24, 2.45) is 13.0 Å². The van der Waals surface area contributed by atoms with Crippen molar-refractivity contribution in [3.8, 4) is 0 Å². The molecule has 166 valence electrons. The minimum Gasteiger partial charge on any atom is -0.383 e. The van der Waals surface area contributed by atoms with Crippen molar-refractivity contribution in [3.63, 3.8) is 0 Å². The molecule has 0 radical (unpaired) electrons. The highest BCUT2D eigenvalue weighted by atomic mass is 19.4. The third-order valence-electron chi connectivity index (χ3n) is 6.51. The van der Waals surface area contributed by atoms with E-state index in [0.717, 1.165) is 17.2 Å². The highest BCUT2D eigenvalue weighted by molar-refractivity contribution is 6.09. The molecule has 33 heavy (non-hydrogen) atoms. The summed E-state index contributed by atoms with van der Waals surface area (Å²) < 4.78 is 41.1. The topological polar surface area (TPSA) is 89.9 Å². The normalized spacial score (nSPS) is 18.9. The van der Waals surface area contributed by atoms with E-state index >= 15 is 0 Å². The van der Waals surface area contributed by atoms with Crippen LogP contribution in [0.15, 0.2) is 42.7 Å². The first-order chi connectivity index (χ1) is 15.6. The zero-order chi connectivity index (χ0) is 23.2. The molecule has 7 nitrogen and oxygen atoms in total. The number of nitrogen functional groups attached to an aromatic ring is 1. The number of anilines is 1. The molecule has 0 aliphatic heterocycles. The Morgan fingerprint density at radius 2 is 1.97 bits per heavy atom. The summed E-state index contributed by atoms with van der Waals surface area (Å²) in [5, 5.41) is 5.61. The summed E-state index contributed by atoms with van der Waals surface area (Å²) in [6.07, 6.45) is 0.605. The maximum atomic E-state index is 13.4. The molecule has 1 aromatic carbocycles. The molecule has 2 aliphatic carbocycles. The van der Waals surface area contributed by atoms with Crippen molar-refractivity contribution in [2.75, 3.05) is 12.8 Å². The highest BCUT2D eigenvalue weighted by Crippen LogP contribution is 2.58. The van der Waals surface area contributed by atoms with Gasteiger partial charge < -0.3 is 10.6 Å². The summed E-state index contributed by atoms with van der Waals surface area (Å²) in [5.74, 6) is -0.0821. The van der Waals surface area contributed by atoms with E-state index in [1.165, 1.54) is 18.3 Å². The van der Waals surface area contributed by atoms with Gasteiger partial charge in [-0.05, 0) is 34.9 Å². The summed E-state index contributed by atoms with van der Waals surface area (Å²) >= 11 is 0. The van der Waals surface area contributed by atoms with Crippen molar-refractivity contribution in [3.05, 3.63) is 65.1 Å². The smallest absolute Gasteiger partial charge is 0.383 e. The van der Waals surface area contributed by atoms with Gasteiger partial charge in [-0.2, -0.15) is 18.3 Å². The Morgan fingerprint density at radius 3 is 2.73 bits per heavy atom. The van der Waals surface area contributed by atoms with Gasteiger partial charge in [0.05, 0.1) is 40.4 Å². The van der Waals surface area contributed by atoms with Crippen molar-refractivity contribution < 1.29 is 18.0 Å². The van der Waals surface area contributed by atoms with E-state index in [9.17, 15) is 18.0 Å². The number of halogens is 3. The predicted octanol–water partition coefficient (Wildman–Crippen LogP) is 3.96. The summed E-state index contributed by atoms with van der Waals surface area (Å²) in [4.78, 5) is 23.6. The fourth-order valence-electron chi connectivity index (χ4n) is 4.84. The lowest BCUT2D eigenvalue weighted by Crippen LogP contribution is -2.32. The molecule has 0 unspecified atom stereocenters. The molecule has 1 amide bonds. The van der Waals surface area contributed by atoms with Gasteiger partial charge in [0.25, 0.3) is 5.91 Å². The van der Waals surface area contributed by atoms with Crippen LogP contribution in [0.4, 0.5) is 19.0 Å². The molecule has 0 saturated heterocycles. The molecule has 0 bridgehead atoms. The Hall–Kier alpha value is -3.95. The fraction of sp³-hybridized carbons (Fsp3) is 0.217. The number of hydrogen-bond donors (Lipinski definition) is 1. The fourth-order valence-corrected chi connectivity index (χ4v) is 4.84. The van der Waals surface area contributed by atoms with Crippen LogP contribution in [0.2, 0.25) is 0 Å². The molecule has 2 N–H and O–H groups in total. The second-order valence-corrected chi connectivity index (χ2v) is 8.42. The van der Waals surface area contributed by atoms with Gasteiger partial charge in [-0.15, -0.1) is 0 Å². The van der Waals surface area contributed by atoms with Gasteiger partial charge in [0.2, 0.25) is 0 Å². The highest BCUT2D eigenvalue weighted by Gasteiger charge is 2.47. The molecule has 0 fully saturated rings. The van der Waals surface area contributed by atoms with Gasteiger partial charge in [-0.1, -0.05) is 12.1 Å². The van der Waals surface area contributed by atoms with E-state index in [4.69, 9.17) is 5.73 Å². The molecule has 3 aromatic heterocycles. The van der Waals surface area contributed by atoms with Gasteiger partial charge >= 0.3 is 6.18 Å². The molecule has 0 saturated carbocycles. The van der Waals surface area contributed by atoms with Crippen LogP contribution in [0.25, 0.3) is 27.4 Å². The van der Waals surface area contributed by atoms with Crippen molar-refractivity contribution >= 4 is 39.1 Å².